The molecule has 3 aromatic rings. The van der Waals surface area contributed by atoms with Crippen molar-refractivity contribution in [2.75, 3.05) is 13.1 Å². The molecule has 24 heavy (non-hydrogen) atoms. The number of aromatic nitrogens is 1. The van der Waals surface area contributed by atoms with Crippen LogP contribution in [0, 0.1) is 17.5 Å². The van der Waals surface area contributed by atoms with E-state index in [0.717, 1.165) is 24.6 Å². The number of benzene rings is 2. The van der Waals surface area contributed by atoms with Crippen molar-refractivity contribution in [2.24, 2.45) is 0 Å². The van der Waals surface area contributed by atoms with E-state index in [1.807, 2.05) is 0 Å². The molecule has 1 saturated heterocycles. The lowest BCUT2D eigenvalue weighted by atomic mass is 10.1. The van der Waals surface area contributed by atoms with Gasteiger partial charge in [0, 0.05) is 25.1 Å². The first kappa shape index (κ1) is 15.2. The second-order valence-electron chi connectivity index (χ2n) is 6.13. The second-order valence-corrected chi connectivity index (χ2v) is 6.13. The topological polar surface area (TPSA) is 29.3 Å². The summed E-state index contributed by atoms with van der Waals surface area (Å²) in [6, 6.07) is 8.25. The van der Waals surface area contributed by atoms with Crippen molar-refractivity contribution in [1.29, 1.82) is 0 Å². The molecule has 1 aliphatic rings. The maximum Gasteiger partial charge on any atom is 0.199 e. The third kappa shape index (κ3) is 2.89. The highest BCUT2D eigenvalue weighted by molar-refractivity contribution is 5.72. The van der Waals surface area contributed by atoms with E-state index in [0.29, 0.717) is 30.1 Å². The van der Waals surface area contributed by atoms with Crippen LogP contribution in [0.3, 0.4) is 0 Å². The van der Waals surface area contributed by atoms with Crippen LogP contribution in [0.25, 0.3) is 11.1 Å². The SMILES string of the molecule is Fc1ccc2oc(C3CCN(Cc4ccc(F)c(F)c4)C3)nc2c1. The Morgan fingerprint density at radius 2 is 1.96 bits per heavy atom. The molecule has 0 saturated carbocycles. The van der Waals surface area contributed by atoms with Crippen molar-refractivity contribution in [2.45, 2.75) is 18.9 Å². The van der Waals surface area contributed by atoms with Crippen molar-refractivity contribution in [3.05, 3.63) is 65.3 Å². The van der Waals surface area contributed by atoms with Gasteiger partial charge in [0.15, 0.2) is 23.1 Å². The summed E-state index contributed by atoms with van der Waals surface area (Å²) in [6.07, 6.45) is 0.860. The molecule has 2 heterocycles. The van der Waals surface area contributed by atoms with Crippen LogP contribution < -0.4 is 0 Å². The van der Waals surface area contributed by atoms with Crippen LogP contribution in [0.1, 0.15) is 23.8 Å². The zero-order valence-electron chi connectivity index (χ0n) is 12.8. The van der Waals surface area contributed by atoms with Gasteiger partial charge < -0.3 is 4.42 Å². The molecule has 0 amide bonds. The molecule has 2 aromatic carbocycles. The smallest absolute Gasteiger partial charge is 0.199 e. The molecule has 1 fully saturated rings. The number of fused-ring (bicyclic) bond motifs is 1. The van der Waals surface area contributed by atoms with Crippen LogP contribution in [-0.2, 0) is 6.54 Å². The Bertz CT molecular complexity index is 893. The maximum absolute atomic E-state index is 13.3. The summed E-state index contributed by atoms with van der Waals surface area (Å²) in [7, 11) is 0. The molecule has 0 radical (unpaired) electrons. The van der Waals surface area contributed by atoms with Gasteiger partial charge in [-0.25, -0.2) is 18.2 Å². The lowest BCUT2D eigenvalue weighted by Gasteiger charge is -2.15. The molecular weight excluding hydrogens is 317 g/mol. The van der Waals surface area contributed by atoms with Crippen molar-refractivity contribution < 1.29 is 17.6 Å². The molecule has 1 unspecified atom stereocenters. The summed E-state index contributed by atoms with van der Waals surface area (Å²) in [5.74, 6) is -1.29. The molecule has 4 rings (SSSR count). The summed E-state index contributed by atoms with van der Waals surface area (Å²) >= 11 is 0. The average Bonchev–Trinajstić information content (AvgIpc) is 3.17. The van der Waals surface area contributed by atoms with Gasteiger partial charge >= 0.3 is 0 Å². The number of nitrogens with zero attached hydrogens (tertiary/aromatic N) is 2. The Morgan fingerprint density at radius 3 is 2.79 bits per heavy atom. The molecular formula is C18H15F3N2O. The van der Waals surface area contributed by atoms with Crippen molar-refractivity contribution in [3.8, 4) is 0 Å². The molecule has 1 atom stereocenters. The van der Waals surface area contributed by atoms with Gasteiger partial charge in [-0.05, 0) is 42.8 Å². The fourth-order valence-corrected chi connectivity index (χ4v) is 3.17. The highest BCUT2D eigenvalue weighted by Crippen LogP contribution is 2.30. The fourth-order valence-electron chi connectivity index (χ4n) is 3.17. The monoisotopic (exact) mass is 332 g/mol. The van der Waals surface area contributed by atoms with Crippen LogP contribution in [0.4, 0.5) is 13.2 Å². The van der Waals surface area contributed by atoms with E-state index in [9.17, 15) is 13.2 Å². The summed E-state index contributed by atoms with van der Waals surface area (Å²) in [5, 5.41) is 0. The number of hydrogen-bond donors (Lipinski definition) is 0. The second kappa shape index (κ2) is 5.94. The lowest BCUT2D eigenvalue weighted by molar-refractivity contribution is 0.320. The van der Waals surface area contributed by atoms with Crippen LogP contribution in [-0.4, -0.2) is 23.0 Å². The summed E-state index contributed by atoms with van der Waals surface area (Å²) < 4.78 is 45.3. The van der Waals surface area contributed by atoms with Gasteiger partial charge in [0.1, 0.15) is 11.3 Å². The zero-order chi connectivity index (χ0) is 16.7. The van der Waals surface area contributed by atoms with E-state index in [2.05, 4.69) is 9.88 Å². The molecule has 3 nitrogen and oxygen atoms in total. The van der Waals surface area contributed by atoms with Crippen LogP contribution in [0.15, 0.2) is 40.8 Å². The van der Waals surface area contributed by atoms with E-state index in [4.69, 9.17) is 4.42 Å². The molecule has 0 N–H and O–H groups in total. The highest BCUT2D eigenvalue weighted by Gasteiger charge is 2.28. The minimum Gasteiger partial charge on any atom is -0.440 e. The van der Waals surface area contributed by atoms with Crippen molar-refractivity contribution in [3.63, 3.8) is 0 Å². The first-order valence-corrected chi connectivity index (χ1v) is 7.81. The highest BCUT2D eigenvalue weighted by atomic mass is 19.2. The van der Waals surface area contributed by atoms with Gasteiger partial charge in [-0.3, -0.25) is 4.90 Å². The molecule has 1 aliphatic heterocycles. The molecule has 0 bridgehead atoms. The van der Waals surface area contributed by atoms with E-state index < -0.39 is 11.6 Å². The quantitative estimate of drug-likeness (QED) is 0.719. The predicted octanol–water partition coefficient (Wildman–Crippen LogP) is 4.23. The predicted molar refractivity (Wildman–Crippen MR) is 83.0 cm³/mol. The van der Waals surface area contributed by atoms with Gasteiger partial charge in [-0.15, -0.1) is 0 Å². The molecule has 1 aromatic heterocycles. The van der Waals surface area contributed by atoms with Crippen LogP contribution >= 0.6 is 0 Å². The van der Waals surface area contributed by atoms with E-state index in [-0.39, 0.29) is 11.7 Å². The van der Waals surface area contributed by atoms with Gasteiger partial charge in [0.25, 0.3) is 0 Å². The lowest BCUT2D eigenvalue weighted by Crippen LogP contribution is -2.20. The number of halogens is 3. The number of oxazole rings is 1. The third-order valence-corrected chi connectivity index (χ3v) is 4.38. The van der Waals surface area contributed by atoms with Crippen molar-refractivity contribution >= 4 is 11.1 Å². The van der Waals surface area contributed by atoms with E-state index >= 15 is 0 Å². The Morgan fingerprint density at radius 1 is 1.08 bits per heavy atom. The largest absolute Gasteiger partial charge is 0.440 e. The molecule has 124 valence electrons. The van der Waals surface area contributed by atoms with Crippen LogP contribution in [0.5, 0.6) is 0 Å². The van der Waals surface area contributed by atoms with E-state index in [1.54, 1.807) is 12.1 Å². The fraction of sp³-hybridized carbons (Fsp3) is 0.278. The number of likely N-dealkylation sites (tertiary alicyclic amines) is 1. The maximum atomic E-state index is 13.3. The Labute approximate surface area is 136 Å². The number of hydrogen-bond acceptors (Lipinski definition) is 3. The average molecular weight is 332 g/mol. The zero-order valence-corrected chi connectivity index (χ0v) is 12.8. The summed E-state index contributed by atoms with van der Waals surface area (Å²) in [6.45, 7) is 2.08. The normalized spacial score (nSPS) is 18.5. The molecule has 0 spiro atoms. The van der Waals surface area contributed by atoms with Gasteiger partial charge in [-0.1, -0.05) is 6.07 Å². The summed E-state index contributed by atoms with van der Waals surface area (Å²) in [5.41, 5.74) is 1.82. The van der Waals surface area contributed by atoms with Gasteiger partial charge in [0.05, 0.1) is 0 Å². The Balaban J connectivity index is 1.47. The first-order chi connectivity index (χ1) is 11.6. The minimum absolute atomic E-state index is 0.116. The van der Waals surface area contributed by atoms with Gasteiger partial charge in [-0.2, -0.15) is 0 Å². The van der Waals surface area contributed by atoms with Crippen molar-refractivity contribution in [1.82, 2.24) is 9.88 Å². The number of rotatable bonds is 3. The van der Waals surface area contributed by atoms with E-state index in [1.165, 1.54) is 18.2 Å². The van der Waals surface area contributed by atoms with Gasteiger partial charge in [0.2, 0.25) is 0 Å². The first-order valence-electron chi connectivity index (χ1n) is 7.81. The Kier molecular flexibility index (Phi) is 3.76. The molecule has 0 aliphatic carbocycles. The summed E-state index contributed by atoms with van der Waals surface area (Å²) in [4.78, 5) is 6.53. The van der Waals surface area contributed by atoms with Crippen LogP contribution in [0.2, 0.25) is 0 Å². The molecule has 6 heteroatoms. The minimum atomic E-state index is -0.836. The standard InChI is InChI=1S/C18H15F3N2O/c19-13-2-4-17-16(8-13)22-18(24-17)12-5-6-23(10-12)9-11-1-3-14(20)15(21)7-11/h1-4,7-8,12H,5-6,9-10H2. The third-order valence-electron chi connectivity index (χ3n) is 4.38. The Hall–Kier alpha value is -2.34.